The van der Waals surface area contributed by atoms with Crippen molar-refractivity contribution in [2.45, 2.75) is 25.8 Å². The third kappa shape index (κ3) is 6.41. The predicted molar refractivity (Wildman–Crippen MR) is 138 cm³/mol. The average molecular weight is 524 g/mol. The fraction of sp³-hybridized carbons (Fsp3) is 0.333. The van der Waals surface area contributed by atoms with Crippen molar-refractivity contribution in [2.75, 3.05) is 30.3 Å². The lowest BCUT2D eigenvalue weighted by atomic mass is 10.1. The van der Waals surface area contributed by atoms with Crippen LogP contribution < -0.4 is 10.6 Å². The molecule has 1 aliphatic rings. The van der Waals surface area contributed by atoms with Crippen molar-refractivity contribution >= 4 is 88.0 Å². The summed E-state index contributed by atoms with van der Waals surface area (Å²) in [5, 5.41) is 9.40. The van der Waals surface area contributed by atoms with Crippen LogP contribution in [-0.4, -0.2) is 40.5 Å². The number of nitrogens with one attached hydrogen (secondary N) is 2. The first-order valence-electron chi connectivity index (χ1n) is 9.70. The lowest BCUT2D eigenvalue weighted by Crippen LogP contribution is -2.42. The van der Waals surface area contributed by atoms with Gasteiger partial charge in [-0.05, 0) is 62.3 Å². The summed E-state index contributed by atoms with van der Waals surface area (Å²) in [6.07, 6.45) is 2.28. The van der Waals surface area contributed by atoms with Crippen molar-refractivity contribution in [1.82, 2.24) is 14.9 Å². The second kappa shape index (κ2) is 11.6. The summed E-state index contributed by atoms with van der Waals surface area (Å²) < 4.78 is 0. The first kappa shape index (κ1) is 26.0. The Morgan fingerprint density at radius 1 is 1.03 bits per heavy atom. The Kier molecular flexibility index (Phi) is 9.74. The minimum absolute atomic E-state index is 0. The Labute approximate surface area is 209 Å². The normalized spacial score (nSPS) is 16.3. The second-order valence-corrected chi connectivity index (χ2v) is 8.44. The van der Waals surface area contributed by atoms with Crippen LogP contribution in [0.2, 0.25) is 15.1 Å². The molecule has 3 aromatic rings. The second-order valence-electron chi connectivity index (χ2n) is 7.19. The van der Waals surface area contributed by atoms with Crippen LogP contribution in [0, 0.1) is 0 Å². The van der Waals surface area contributed by atoms with Gasteiger partial charge in [0.2, 0.25) is 5.95 Å². The van der Waals surface area contributed by atoms with E-state index in [1.54, 1.807) is 12.1 Å². The molecule has 1 aliphatic heterocycles. The van der Waals surface area contributed by atoms with Gasteiger partial charge in [0.05, 0.1) is 15.6 Å². The van der Waals surface area contributed by atoms with Gasteiger partial charge in [0.1, 0.15) is 5.82 Å². The first-order valence-corrected chi connectivity index (χ1v) is 10.8. The minimum atomic E-state index is 0. The lowest BCUT2D eigenvalue weighted by Gasteiger charge is -2.32. The Hall–Kier alpha value is -1.21. The van der Waals surface area contributed by atoms with E-state index < -0.39 is 0 Å². The van der Waals surface area contributed by atoms with Crippen molar-refractivity contribution in [2.24, 2.45) is 0 Å². The molecule has 5 nitrogen and oxygen atoms in total. The van der Waals surface area contributed by atoms with Crippen molar-refractivity contribution in [1.29, 1.82) is 0 Å². The van der Waals surface area contributed by atoms with E-state index in [0.29, 0.717) is 27.1 Å². The third-order valence-corrected chi connectivity index (χ3v) is 6.10. The van der Waals surface area contributed by atoms with E-state index >= 15 is 0 Å². The van der Waals surface area contributed by atoms with E-state index in [1.807, 2.05) is 24.3 Å². The zero-order valence-electron chi connectivity index (χ0n) is 16.9. The van der Waals surface area contributed by atoms with Crippen molar-refractivity contribution in [3.63, 3.8) is 0 Å². The highest BCUT2D eigenvalue weighted by Gasteiger charge is 2.20. The number of anilines is 3. The zero-order chi connectivity index (χ0) is 20.4. The van der Waals surface area contributed by atoms with Crippen molar-refractivity contribution < 1.29 is 0 Å². The van der Waals surface area contributed by atoms with Gasteiger partial charge in [-0.3, -0.25) is 0 Å². The third-order valence-electron chi connectivity index (χ3n) is 5.13. The molecule has 1 aromatic heterocycles. The topological polar surface area (TPSA) is 53.1 Å². The van der Waals surface area contributed by atoms with E-state index in [4.69, 9.17) is 39.8 Å². The average Bonchev–Trinajstić information content (AvgIpc) is 2.71. The molecule has 0 aliphatic carbocycles. The van der Waals surface area contributed by atoms with Crippen LogP contribution in [0.3, 0.4) is 0 Å². The molecule has 10 heteroatoms. The van der Waals surface area contributed by atoms with Gasteiger partial charge in [0.25, 0.3) is 0 Å². The molecular formula is C21H24Cl5N5. The maximum atomic E-state index is 6.25. The highest BCUT2D eigenvalue weighted by Crippen LogP contribution is 2.30. The van der Waals surface area contributed by atoms with Crippen LogP contribution in [0.1, 0.15) is 19.8 Å². The number of rotatable bonds is 5. The van der Waals surface area contributed by atoms with Gasteiger partial charge in [0.15, 0.2) is 0 Å². The number of halogens is 5. The van der Waals surface area contributed by atoms with E-state index in [2.05, 4.69) is 27.4 Å². The van der Waals surface area contributed by atoms with Gasteiger partial charge in [0, 0.05) is 28.7 Å². The molecule has 1 atom stereocenters. The molecule has 4 rings (SSSR count). The summed E-state index contributed by atoms with van der Waals surface area (Å²) in [6, 6.07) is 11.3. The molecule has 0 amide bonds. The van der Waals surface area contributed by atoms with E-state index in [0.717, 1.165) is 48.5 Å². The summed E-state index contributed by atoms with van der Waals surface area (Å²) in [7, 11) is 0. The number of fused-ring (bicyclic) bond motifs is 1. The molecule has 1 saturated heterocycles. The van der Waals surface area contributed by atoms with Gasteiger partial charge >= 0.3 is 0 Å². The lowest BCUT2D eigenvalue weighted by molar-refractivity contribution is 0.226. The van der Waals surface area contributed by atoms with Crippen LogP contribution in [0.4, 0.5) is 17.5 Å². The van der Waals surface area contributed by atoms with Crippen LogP contribution in [0.5, 0.6) is 0 Å². The SMILES string of the molecule is CCN1CCCC(Nc2nc(Nc3ccc(Cl)c(Cl)c3)nc3ccc(Cl)cc23)C1.Cl.Cl. The van der Waals surface area contributed by atoms with E-state index in [9.17, 15) is 0 Å². The number of nitrogens with zero attached hydrogens (tertiary/aromatic N) is 3. The van der Waals surface area contributed by atoms with Gasteiger partial charge in [-0.15, -0.1) is 24.8 Å². The van der Waals surface area contributed by atoms with E-state index in [-0.39, 0.29) is 24.8 Å². The summed E-state index contributed by atoms with van der Waals surface area (Å²) >= 11 is 18.4. The molecule has 1 fully saturated rings. The quantitative estimate of drug-likeness (QED) is 0.374. The Bertz CT molecular complexity index is 1030. The molecule has 0 saturated carbocycles. The number of aromatic nitrogens is 2. The Morgan fingerprint density at radius 3 is 2.58 bits per heavy atom. The number of piperidine rings is 1. The summed E-state index contributed by atoms with van der Waals surface area (Å²) in [4.78, 5) is 11.8. The summed E-state index contributed by atoms with van der Waals surface area (Å²) in [5.74, 6) is 1.27. The number of likely N-dealkylation sites (N-methyl/N-ethyl adjacent to an activating group) is 1. The fourth-order valence-corrected chi connectivity index (χ4v) is 4.09. The Balaban J connectivity index is 0.00000171. The molecule has 168 valence electrons. The zero-order valence-corrected chi connectivity index (χ0v) is 20.8. The molecular weight excluding hydrogens is 500 g/mol. The van der Waals surface area contributed by atoms with Crippen LogP contribution in [0.15, 0.2) is 36.4 Å². The maximum Gasteiger partial charge on any atom is 0.229 e. The summed E-state index contributed by atoms with van der Waals surface area (Å²) in [5.41, 5.74) is 1.59. The maximum absolute atomic E-state index is 6.25. The smallest absolute Gasteiger partial charge is 0.229 e. The standard InChI is InChI=1S/C21H22Cl3N5.2ClH/c1-2-29-9-3-4-15(12-29)25-20-16-10-13(22)5-8-19(16)27-21(28-20)26-14-6-7-17(23)18(24)11-14;;/h5-8,10-11,15H,2-4,9,12H2,1H3,(H2,25,26,27,28);2*1H. The first-order chi connectivity index (χ1) is 14.0. The van der Waals surface area contributed by atoms with Crippen molar-refractivity contribution in [3.05, 3.63) is 51.5 Å². The molecule has 0 radical (unpaired) electrons. The van der Waals surface area contributed by atoms with Crippen LogP contribution in [-0.2, 0) is 0 Å². The molecule has 0 spiro atoms. The molecule has 2 aromatic carbocycles. The van der Waals surface area contributed by atoms with Crippen LogP contribution in [0.25, 0.3) is 10.9 Å². The van der Waals surface area contributed by atoms with Crippen molar-refractivity contribution in [3.8, 4) is 0 Å². The predicted octanol–water partition coefficient (Wildman–Crippen LogP) is 7.07. The van der Waals surface area contributed by atoms with Gasteiger partial charge in [-0.1, -0.05) is 41.7 Å². The number of hydrogen-bond acceptors (Lipinski definition) is 5. The van der Waals surface area contributed by atoms with Gasteiger partial charge in [-0.2, -0.15) is 4.98 Å². The minimum Gasteiger partial charge on any atom is -0.365 e. The number of benzene rings is 2. The highest BCUT2D eigenvalue weighted by atomic mass is 35.5. The number of hydrogen-bond donors (Lipinski definition) is 2. The van der Waals surface area contributed by atoms with Crippen LogP contribution >= 0.6 is 59.6 Å². The molecule has 0 bridgehead atoms. The monoisotopic (exact) mass is 521 g/mol. The number of likely N-dealkylation sites (tertiary alicyclic amines) is 1. The molecule has 2 N–H and O–H groups in total. The molecule has 31 heavy (non-hydrogen) atoms. The highest BCUT2D eigenvalue weighted by molar-refractivity contribution is 6.42. The fourth-order valence-electron chi connectivity index (χ4n) is 3.62. The van der Waals surface area contributed by atoms with Gasteiger partial charge < -0.3 is 15.5 Å². The molecule has 2 heterocycles. The Morgan fingerprint density at radius 2 is 1.84 bits per heavy atom. The van der Waals surface area contributed by atoms with Gasteiger partial charge in [-0.25, -0.2) is 4.98 Å². The largest absolute Gasteiger partial charge is 0.365 e. The van der Waals surface area contributed by atoms with E-state index in [1.165, 1.54) is 6.42 Å². The summed E-state index contributed by atoms with van der Waals surface area (Å²) in [6.45, 7) is 5.40. The molecule has 1 unspecified atom stereocenters.